The van der Waals surface area contributed by atoms with E-state index in [2.05, 4.69) is 10.2 Å². The molecule has 0 radical (unpaired) electrons. The zero-order valence-corrected chi connectivity index (χ0v) is 15.8. The smallest absolute Gasteiger partial charge is 0.405 e. The Hall–Kier alpha value is -3.04. The predicted molar refractivity (Wildman–Crippen MR) is 98.3 cm³/mol. The normalized spacial score (nSPS) is 15.2. The monoisotopic (exact) mass is 410 g/mol. The molecule has 0 atom stereocenters. The second-order valence-corrected chi connectivity index (χ2v) is 6.77. The zero-order chi connectivity index (χ0) is 21.0. The number of carbonyl (C=O) groups excluding carboxylic acids is 2. The standard InChI is InChI=1S/C19H21F3N4O3/c1-29-16-5-3-2-4-13(16)14-10-15(25-24-14)18(28)26-8-6-12(7-9-26)17(27)23-11-19(20,21)22/h2-5,10,12H,6-9,11H2,1H3,(H,23,27)(H,24,25). The summed E-state index contributed by atoms with van der Waals surface area (Å²) in [4.78, 5) is 26.1. The fraction of sp³-hybridized carbons (Fsp3) is 0.421. The molecule has 1 aromatic heterocycles. The van der Waals surface area contributed by atoms with Crippen LogP contribution in [-0.4, -0.2) is 59.8 Å². The van der Waals surface area contributed by atoms with E-state index in [-0.39, 0.29) is 19.0 Å². The van der Waals surface area contributed by atoms with Crippen molar-refractivity contribution in [2.45, 2.75) is 19.0 Å². The average molecular weight is 410 g/mol. The number of likely N-dealkylation sites (tertiary alicyclic amines) is 1. The van der Waals surface area contributed by atoms with E-state index in [9.17, 15) is 22.8 Å². The van der Waals surface area contributed by atoms with Crippen LogP contribution in [0.4, 0.5) is 13.2 Å². The van der Waals surface area contributed by atoms with E-state index in [1.807, 2.05) is 23.5 Å². The van der Waals surface area contributed by atoms with Crippen LogP contribution in [0.15, 0.2) is 30.3 Å². The lowest BCUT2D eigenvalue weighted by Gasteiger charge is -2.31. The number of aromatic amines is 1. The van der Waals surface area contributed by atoms with Crippen LogP contribution in [0.5, 0.6) is 5.75 Å². The number of alkyl halides is 3. The SMILES string of the molecule is COc1ccccc1-c1cc(C(=O)N2CCC(C(=O)NCC(F)(F)F)CC2)[nH]n1. The lowest BCUT2D eigenvalue weighted by atomic mass is 9.95. The molecule has 2 N–H and O–H groups in total. The highest BCUT2D eigenvalue weighted by atomic mass is 19.4. The Morgan fingerprint density at radius 1 is 1.28 bits per heavy atom. The van der Waals surface area contributed by atoms with Crippen LogP contribution in [0, 0.1) is 5.92 Å². The van der Waals surface area contributed by atoms with Crippen molar-refractivity contribution in [3.8, 4) is 17.0 Å². The molecule has 2 amide bonds. The minimum atomic E-state index is -4.44. The summed E-state index contributed by atoms with van der Waals surface area (Å²) in [5, 5.41) is 8.81. The summed E-state index contributed by atoms with van der Waals surface area (Å²) in [6, 6.07) is 8.91. The molecule has 10 heteroatoms. The summed E-state index contributed by atoms with van der Waals surface area (Å²) in [7, 11) is 1.55. The van der Waals surface area contributed by atoms with Gasteiger partial charge >= 0.3 is 6.18 Å². The lowest BCUT2D eigenvalue weighted by molar-refractivity contribution is -0.141. The first kappa shape index (κ1) is 20.7. The van der Waals surface area contributed by atoms with E-state index in [1.165, 1.54) is 0 Å². The van der Waals surface area contributed by atoms with Crippen molar-refractivity contribution in [1.29, 1.82) is 0 Å². The number of halogens is 3. The fourth-order valence-corrected chi connectivity index (χ4v) is 3.27. The third-order valence-electron chi connectivity index (χ3n) is 4.81. The Labute approximate surface area is 165 Å². The van der Waals surface area contributed by atoms with E-state index in [0.29, 0.717) is 30.0 Å². The van der Waals surface area contributed by atoms with Crippen LogP contribution in [-0.2, 0) is 4.79 Å². The van der Waals surface area contributed by atoms with Crippen LogP contribution in [0.25, 0.3) is 11.3 Å². The first-order chi connectivity index (χ1) is 13.8. The maximum Gasteiger partial charge on any atom is 0.405 e. The van der Waals surface area contributed by atoms with Crippen LogP contribution >= 0.6 is 0 Å². The average Bonchev–Trinajstić information content (AvgIpc) is 3.21. The number of amides is 2. The minimum Gasteiger partial charge on any atom is -0.496 e. The van der Waals surface area contributed by atoms with E-state index in [1.54, 1.807) is 24.1 Å². The Bertz CT molecular complexity index is 874. The van der Waals surface area contributed by atoms with Crippen molar-refractivity contribution < 1.29 is 27.5 Å². The van der Waals surface area contributed by atoms with Gasteiger partial charge in [-0.2, -0.15) is 18.3 Å². The molecule has 0 bridgehead atoms. The van der Waals surface area contributed by atoms with Crippen molar-refractivity contribution in [3.63, 3.8) is 0 Å². The van der Waals surface area contributed by atoms with Gasteiger partial charge in [0.2, 0.25) is 5.91 Å². The number of nitrogens with one attached hydrogen (secondary N) is 2. The van der Waals surface area contributed by atoms with Gasteiger partial charge in [-0.05, 0) is 31.0 Å². The van der Waals surface area contributed by atoms with Gasteiger partial charge in [-0.3, -0.25) is 14.7 Å². The first-order valence-corrected chi connectivity index (χ1v) is 9.11. The fourth-order valence-electron chi connectivity index (χ4n) is 3.27. The topological polar surface area (TPSA) is 87.3 Å². The molecule has 3 rings (SSSR count). The molecule has 1 fully saturated rings. The largest absolute Gasteiger partial charge is 0.496 e. The molecule has 1 aliphatic rings. The van der Waals surface area contributed by atoms with E-state index in [4.69, 9.17) is 4.74 Å². The Morgan fingerprint density at radius 2 is 1.97 bits per heavy atom. The molecule has 0 aliphatic carbocycles. The highest BCUT2D eigenvalue weighted by Crippen LogP contribution is 2.29. The first-order valence-electron chi connectivity index (χ1n) is 9.11. The number of rotatable bonds is 5. The molecule has 1 aromatic carbocycles. The number of H-pyrrole nitrogens is 1. The number of methoxy groups -OCH3 is 1. The van der Waals surface area contributed by atoms with Crippen molar-refractivity contribution in [3.05, 3.63) is 36.0 Å². The molecule has 1 aliphatic heterocycles. The molecular formula is C19H21F3N4O3. The highest BCUT2D eigenvalue weighted by molar-refractivity contribution is 5.93. The summed E-state index contributed by atoms with van der Waals surface area (Å²) in [6.07, 6.45) is -3.82. The number of para-hydroxylation sites is 1. The molecular weight excluding hydrogens is 389 g/mol. The second-order valence-electron chi connectivity index (χ2n) is 6.77. The predicted octanol–water partition coefficient (Wildman–Crippen LogP) is 2.62. The number of piperidine rings is 1. The summed E-state index contributed by atoms with van der Waals surface area (Å²) in [5.41, 5.74) is 1.60. The molecule has 0 saturated carbocycles. The summed E-state index contributed by atoms with van der Waals surface area (Å²) in [6.45, 7) is -0.775. The van der Waals surface area contributed by atoms with Crippen LogP contribution < -0.4 is 10.1 Å². The molecule has 2 heterocycles. The van der Waals surface area contributed by atoms with Crippen LogP contribution in [0.1, 0.15) is 23.3 Å². The van der Waals surface area contributed by atoms with Crippen molar-refractivity contribution >= 4 is 11.8 Å². The van der Waals surface area contributed by atoms with Gasteiger partial charge < -0.3 is 15.0 Å². The van der Waals surface area contributed by atoms with Gasteiger partial charge in [0.15, 0.2) is 0 Å². The van der Waals surface area contributed by atoms with Gasteiger partial charge in [-0.1, -0.05) is 12.1 Å². The van der Waals surface area contributed by atoms with Crippen molar-refractivity contribution in [2.75, 3.05) is 26.7 Å². The maximum atomic E-state index is 12.7. The molecule has 156 valence electrons. The van der Waals surface area contributed by atoms with Gasteiger partial charge in [0.05, 0.1) is 12.8 Å². The quantitative estimate of drug-likeness (QED) is 0.793. The number of carbonyl (C=O) groups is 2. The van der Waals surface area contributed by atoms with Gasteiger partial charge in [-0.15, -0.1) is 0 Å². The van der Waals surface area contributed by atoms with Crippen molar-refractivity contribution in [1.82, 2.24) is 20.4 Å². The summed E-state index contributed by atoms with van der Waals surface area (Å²) >= 11 is 0. The summed E-state index contributed by atoms with van der Waals surface area (Å²) < 4.78 is 42.0. The van der Waals surface area contributed by atoms with Crippen molar-refractivity contribution in [2.24, 2.45) is 5.92 Å². The molecule has 0 spiro atoms. The van der Waals surface area contributed by atoms with E-state index < -0.39 is 24.5 Å². The van der Waals surface area contributed by atoms with E-state index >= 15 is 0 Å². The molecule has 0 unspecified atom stereocenters. The number of aromatic nitrogens is 2. The molecule has 1 saturated heterocycles. The zero-order valence-electron chi connectivity index (χ0n) is 15.8. The van der Waals surface area contributed by atoms with Gasteiger partial charge in [0, 0.05) is 24.6 Å². The Kier molecular flexibility index (Phi) is 6.09. The van der Waals surface area contributed by atoms with Crippen LogP contribution in [0.2, 0.25) is 0 Å². The number of benzene rings is 1. The van der Waals surface area contributed by atoms with Gasteiger partial charge in [-0.25, -0.2) is 0 Å². The number of nitrogens with zero attached hydrogens (tertiary/aromatic N) is 2. The summed E-state index contributed by atoms with van der Waals surface area (Å²) in [5.74, 6) is -0.807. The van der Waals surface area contributed by atoms with Crippen LogP contribution in [0.3, 0.4) is 0 Å². The lowest BCUT2D eigenvalue weighted by Crippen LogP contribution is -2.44. The number of hydrogen-bond donors (Lipinski definition) is 2. The Morgan fingerprint density at radius 3 is 2.62 bits per heavy atom. The second kappa shape index (κ2) is 8.54. The maximum absolute atomic E-state index is 12.7. The van der Waals surface area contributed by atoms with Gasteiger partial charge in [0.25, 0.3) is 5.91 Å². The number of ether oxygens (including phenoxy) is 1. The molecule has 7 nitrogen and oxygen atoms in total. The third-order valence-corrected chi connectivity index (χ3v) is 4.81. The Balaban J connectivity index is 1.59. The minimum absolute atomic E-state index is 0.271. The molecule has 29 heavy (non-hydrogen) atoms. The number of hydrogen-bond acceptors (Lipinski definition) is 4. The highest BCUT2D eigenvalue weighted by Gasteiger charge is 2.32. The van der Waals surface area contributed by atoms with Gasteiger partial charge in [0.1, 0.15) is 18.0 Å². The molecule has 2 aromatic rings. The third kappa shape index (κ3) is 5.07. The van der Waals surface area contributed by atoms with E-state index in [0.717, 1.165) is 5.56 Å².